The summed E-state index contributed by atoms with van der Waals surface area (Å²) >= 11 is 4.93. The summed E-state index contributed by atoms with van der Waals surface area (Å²) in [6.07, 6.45) is 1.23. The highest BCUT2D eigenvalue weighted by Gasteiger charge is 2.52. The van der Waals surface area contributed by atoms with Crippen LogP contribution >= 0.6 is 27.7 Å². The van der Waals surface area contributed by atoms with Crippen LogP contribution in [0.1, 0.15) is 30.1 Å². The maximum atomic E-state index is 12.7. The number of methoxy groups -OCH3 is 1. The number of nitrogens with one attached hydrogen (secondary N) is 1. The molecule has 1 aromatic carbocycles. The zero-order valence-corrected chi connectivity index (χ0v) is 15.7. The Morgan fingerprint density at radius 3 is 2.92 bits per heavy atom. The molecule has 1 N–H and O–H groups in total. The SMILES string of the molecule is COC(=O)c1cc(Br)ccc1NC(=O)[C@H]1CS[C@]2(C)CCC(=O)N12. The summed E-state index contributed by atoms with van der Waals surface area (Å²) in [6.45, 7) is 2.00. The average Bonchev–Trinajstić information content (AvgIpc) is 3.05. The molecule has 2 aliphatic rings. The highest BCUT2D eigenvalue weighted by atomic mass is 79.9. The van der Waals surface area contributed by atoms with E-state index in [2.05, 4.69) is 21.2 Å². The van der Waals surface area contributed by atoms with Crippen molar-refractivity contribution in [1.82, 2.24) is 4.90 Å². The molecule has 8 heteroatoms. The molecule has 2 amide bonds. The fourth-order valence-electron chi connectivity index (χ4n) is 3.14. The molecule has 2 atom stereocenters. The predicted octanol–water partition coefficient (Wildman–Crippen LogP) is 2.63. The van der Waals surface area contributed by atoms with Gasteiger partial charge in [-0.1, -0.05) is 15.9 Å². The van der Waals surface area contributed by atoms with Crippen molar-refractivity contribution in [2.45, 2.75) is 30.7 Å². The van der Waals surface area contributed by atoms with Crippen LogP contribution in [0.2, 0.25) is 0 Å². The molecule has 2 saturated heterocycles. The van der Waals surface area contributed by atoms with Gasteiger partial charge in [-0.25, -0.2) is 4.79 Å². The molecule has 1 aromatic rings. The third-order valence-electron chi connectivity index (χ3n) is 4.39. The van der Waals surface area contributed by atoms with Crippen LogP contribution in [0.4, 0.5) is 5.69 Å². The van der Waals surface area contributed by atoms with Crippen LogP contribution in [0.5, 0.6) is 0 Å². The summed E-state index contributed by atoms with van der Waals surface area (Å²) in [7, 11) is 1.29. The third kappa shape index (κ3) is 2.93. The van der Waals surface area contributed by atoms with Crippen LogP contribution < -0.4 is 5.32 Å². The Labute approximate surface area is 152 Å². The smallest absolute Gasteiger partial charge is 0.340 e. The first-order valence-electron chi connectivity index (χ1n) is 7.50. The largest absolute Gasteiger partial charge is 0.465 e. The molecule has 0 spiro atoms. The van der Waals surface area contributed by atoms with Crippen molar-refractivity contribution in [3.05, 3.63) is 28.2 Å². The monoisotopic (exact) mass is 412 g/mol. The van der Waals surface area contributed by atoms with Gasteiger partial charge in [0.15, 0.2) is 0 Å². The Hall–Kier alpha value is -1.54. The average molecular weight is 413 g/mol. The molecule has 3 rings (SSSR count). The topological polar surface area (TPSA) is 75.7 Å². The van der Waals surface area contributed by atoms with E-state index < -0.39 is 12.0 Å². The fraction of sp³-hybridized carbons (Fsp3) is 0.438. The molecule has 0 aliphatic carbocycles. The lowest BCUT2D eigenvalue weighted by atomic mass is 10.1. The van der Waals surface area contributed by atoms with E-state index in [-0.39, 0.29) is 22.2 Å². The maximum Gasteiger partial charge on any atom is 0.340 e. The Balaban J connectivity index is 1.83. The lowest BCUT2D eigenvalue weighted by Crippen LogP contribution is -2.48. The van der Waals surface area contributed by atoms with Crippen molar-refractivity contribution in [1.29, 1.82) is 0 Å². The number of benzene rings is 1. The second kappa shape index (κ2) is 6.40. The van der Waals surface area contributed by atoms with Crippen molar-refractivity contribution in [3.8, 4) is 0 Å². The van der Waals surface area contributed by atoms with Gasteiger partial charge in [-0.05, 0) is 31.5 Å². The van der Waals surface area contributed by atoms with Crippen LogP contribution in [0.3, 0.4) is 0 Å². The number of rotatable bonds is 3. The number of hydrogen-bond acceptors (Lipinski definition) is 5. The summed E-state index contributed by atoms with van der Waals surface area (Å²) in [4.78, 5) is 38.2. The number of hydrogen-bond donors (Lipinski definition) is 1. The number of fused-ring (bicyclic) bond motifs is 1. The van der Waals surface area contributed by atoms with Crippen LogP contribution in [0.25, 0.3) is 0 Å². The van der Waals surface area contributed by atoms with Crippen molar-refractivity contribution in [3.63, 3.8) is 0 Å². The van der Waals surface area contributed by atoms with Gasteiger partial charge in [0.05, 0.1) is 23.2 Å². The summed E-state index contributed by atoms with van der Waals surface area (Å²) in [6, 6.07) is 4.44. The van der Waals surface area contributed by atoms with Crippen LogP contribution in [-0.4, -0.2) is 46.5 Å². The molecule has 24 heavy (non-hydrogen) atoms. The number of carbonyl (C=O) groups is 3. The fourth-order valence-corrected chi connectivity index (χ4v) is 4.93. The molecule has 2 heterocycles. The Kier molecular flexibility index (Phi) is 4.61. The van der Waals surface area contributed by atoms with Crippen molar-refractivity contribution < 1.29 is 19.1 Å². The van der Waals surface area contributed by atoms with E-state index in [9.17, 15) is 14.4 Å². The molecule has 6 nitrogen and oxygen atoms in total. The molecule has 0 radical (unpaired) electrons. The van der Waals surface area contributed by atoms with Gasteiger partial charge in [0.25, 0.3) is 0 Å². The number of anilines is 1. The van der Waals surface area contributed by atoms with Crippen molar-refractivity contribution >= 4 is 51.2 Å². The maximum absolute atomic E-state index is 12.7. The number of halogens is 1. The molecule has 0 bridgehead atoms. The number of carbonyl (C=O) groups excluding carboxylic acids is 3. The summed E-state index contributed by atoms with van der Waals surface area (Å²) in [5.41, 5.74) is 0.640. The van der Waals surface area contributed by atoms with Gasteiger partial charge >= 0.3 is 5.97 Å². The first-order valence-corrected chi connectivity index (χ1v) is 9.28. The van der Waals surface area contributed by atoms with E-state index in [1.165, 1.54) is 7.11 Å². The Morgan fingerprint density at radius 2 is 2.21 bits per heavy atom. The van der Waals surface area contributed by atoms with Gasteiger partial charge < -0.3 is 15.0 Å². The highest BCUT2D eigenvalue weighted by molar-refractivity contribution is 9.10. The minimum absolute atomic E-state index is 0.00616. The Bertz CT molecular complexity index is 726. The van der Waals surface area contributed by atoms with Gasteiger partial charge in [0, 0.05) is 16.6 Å². The van der Waals surface area contributed by atoms with Crippen molar-refractivity contribution in [2.75, 3.05) is 18.2 Å². The number of nitrogens with zero attached hydrogens (tertiary/aromatic N) is 1. The first-order chi connectivity index (χ1) is 11.4. The normalized spacial score (nSPS) is 25.5. The molecule has 2 fully saturated rings. The van der Waals surface area contributed by atoms with Gasteiger partial charge in [0.1, 0.15) is 6.04 Å². The molecule has 0 unspecified atom stereocenters. The van der Waals surface area contributed by atoms with Crippen LogP contribution in [-0.2, 0) is 14.3 Å². The number of amides is 2. The minimum Gasteiger partial charge on any atom is -0.465 e. The quantitative estimate of drug-likeness (QED) is 0.772. The van der Waals surface area contributed by atoms with Gasteiger partial charge in [-0.15, -0.1) is 11.8 Å². The summed E-state index contributed by atoms with van der Waals surface area (Å²) in [5.74, 6) is -0.256. The van der Waals surface area contributed by atoms with Gasteiger partial charge in [0.2, 0.25) is 11.8 Å². The first kappa shape index (κ1) is 17.3. The predicted molar refractivity (Wildman–Crippen MR) is 94.8 cm³/mol. The van der Waals surface area contributed by atoms with Gasteiger partial charge in [-0.2, -0.15) is 0 Å². The number of thioether (sulfide) groups is 1. The van der Waals surface area contributed by atoms with E-state index in [4.69, 9.17) is 4.74 Å². The van der Waals surface area contributed by atoms with E-state index in [0.29, 0.717) is 22.3 Å². The summed E-state index contributed by atoms with van der Waals surface area (Å²) in [5, 5.41) is 2.78. The van der Waals surface area contributed by atoms with E-state index in [0.717, 1.165) is 6.42 Å². The number of ether oxygens (including phenoxy) is 1. The molecular weight excluding hydrogens is 396 g/mol. The minimum atomic E-state index is -0.533. The molecule has 128 valence electrons. The Morgan fingerprint density at radius 1 is 1.46 bits per heavy atom. The molecular formula is C16H17BrN2O4S. The number of esters is 1. The van der Waals surface area contributed by atoms with Crippen LogP contribution in [0, 0.1) is 0 Å². The van der Waals surface area contributed by atoms with Gasteiger partial charge in [-0.3, -0.25) is 9.59 Å². The zero-order chi connectivity index (χ0) is 17.5. The lowest BCUT2D eigenvalue weighted by molar-refractivity contribution is -0.135. The van der Waals surface area contributed by atoms with Crippen LogP contribution in [0.15, 0.2) is 22.7 Å². The highest BCUT2D eigenvalue weighted by Crippen LogP contribution is 2.47. The lowest BCUT2D eigenvalue weighted by Gasteiger charge is -2.30. The molecule has 2 aliphatic heterocycles. The van der Waals surface area contributed by atoms with E-state index >= 15 is 0 Å². The standard InChI is InChI=1S/C16H17BrN2O4S/c1-16-6-5-13(20)19(16)12(8-24-16)14(21)18-11-4-3-9(17)7-10(11)15(22)23-2/h3-4,7,12H,5-6,8H2,1-2H3,(H,18,21)/t12-,16-/m1/s1. The second-order valence-electron chi connectivity index (χ2n) is 5.94. The van der Waals surface area contributed by atoms with E-state index in [1.807, 2.05) is 6.92 Å². The zero-order valence-electron chi connectivity index (χ0n) is 13.3. The van der Waals surface area contributed by atoms with Crippen molar-refractivity contribution in [2.24, 2.45) is 0 Å². The molecule has 0 saturated carbocycles. The second-order valence-corrected chi connectivity index (χ2v) is 8.35. The van der Waals surface area contributed by atoms with E-state index in [1.54, 1.807) is 34.9 Å². The third-order valence-corrected chi connectivity index (χ3v) is 6.39. The molecule has 0 aromatic heterocycles. The summed E-state index contributed by atoms with van der Waals surface area (Å²) < 4.78 is 5.47.